The predicted molar refractivity (Wildman–Crippen MR) is 107 cm³/mol. The van der Waals surface area contributed by atoms with Crippen LogP contribution >= 0.6 is 0 Å². The van der Waals surface area contributed by atoms with Gasteiger partial charge in [0.2, 0.25) is 0 Å². The zero-order chi connectivity index (χ0) is 20.8. The quantitative estimate of drug-likeness (QED) is 0.544. The molecule has 148 valence electrons. The van der Waals surface area contributed by atoms with Gasteiger partial charge >= 0.3 is 11.7 Å². The molecule has 1 aliphatic rings. The topological polar surface area (TPSA) is 88.9 Å². The molecule has 7 nitrogen and oxygen atoms in total. The minimum Gasteiger partial charge on any atom is -0.497 e. The molecule has 0 spiro atoms. The first-order valence-electron chi connectivity index (χ1n) is 9.14. The largest absolute Gasteiger partial charge is 0.497 e. The molecule has 1 saturated heterocycles. The molecule has 3 aromatic rings. The molecule has 1 atom stereocenters. The highest BCUT2D eigenvalue weighted by molar-refractivity contribution is 6.07. The van der Waals surface area contributed by atoms with Crippen molar-refractivity contribution >= 4 is 22.9 Å². The van der Waals surface area contributed by atoms with Crippen LogP contribution in [0.15, 0.2) is 57.7 Å². The van der Waals surface area contributed by atoms with Gasteiger partial charge in [0, 0.05) is 17.5 Å². The fraction of sp³-hybridized carbons (Fsp3) is 0.227. The molecule has 1 N–H and O–H groups in total. The van der Waals surface area contributed by atoms with E-state index in [0.29, 0.717) is 27.8 Å². The van der Waals surface area contributed by atoms with E-state index in [9.17, 15) is 14.4 Å². The van der Waals surface area contributed by atoms with Gasteiger partial charge in [-0.3, -0.25) is 9.69 Å². The van der Waals surface area contributed by atoms with E-state index in [1.54, 1.807) is 25.1 Å². The van der Waals surface area contributed by atoms with Gasteiger partial charge in [-0.15, -0.1) is 0 Å². The maximum absolute atomic E-state index is 13.2. The van der Waals surface area contributed by atoms with Gasteiger partial charge in [-0.1, -0.05) is 29.8 Å². The number of carbonyl (C=O) groups excluding carboxylic acids is 2. The van der Waals surface area contributed by atoms with E-state index in [2.05, 4.69) is 5.32 Å². The average Bonchev–Trinajstić information content (AvgIpc) is 2.91. The smallest absolute Gasteiger partial charge is 0.336 e. The first kappa shape index (κ1) is 18.7. The van der Waals surface area contributed by atoms with Crippen LogP contribution in [0.4, 0.5) is 4.79 Å². The number of urea groups is 1. The highest BCUT2D eigenvalue weighted by atomic mass is 16.5. The number of nitrogens with zero attached hydrogens (tertiary/aromatic N) is 1. The third-order valence-corrected chi connectivity index (χ3v) is 5.27. The number of imide groups is 1. The summed E-state index contributed by atoms with van der Waals surface area (Å²) >= 11 is 0. The normalized spacial score (nSPS) is 18.9. The lowest BCUT2D eigenvalue weighted by Gasteiger charge is -2.22. The van der Waals surface area contributed by atoms with Gasteiger partial charge in [-0.05, 0) is 37.1 Å². The average molecular weight is 392 g/mol. The van der Waals surface area contributed by atoms with E-state index >= 15 is 0 Å². The minimum absolute atomic E-state index is 0.0411. The van der Waals surface area contributed by atoms with Gasteiger partial charge in [-0.25, -0.2) is 9.59 Å². The number of hydrogen-bond donors (Lipinski definition) is 1. The van der Waals surface area contributed by atoms with Crippen molar-refractivity contribution in [2.45, 2.75) is 25.9 Å². The van der Waals surface area contributed by atoms with Crippen LogP contribution in [0.5, 0.6) is 5.75 Å². The summed E-state index contributed by atoms with van der Waals surface area (Å²) in [5.41, 5.74) is 0.892. The number of carbonyl (C=O) groups is 2. The Kier molecular flexibility index (Phi) is 4.38. The van der Waals surface area contributed by atoms with Crippen molar-refractivity contribution in [3.05, 3.63) is 75.6 Å². The third-order valence-electron chi connectivity index (χ3n) is 5.27. The predicted octanol–water partition coefficient (Wildman–Crippen LogP) is 3.08. The van der Waals surface area contributed by atoms with Crippen LogP contribution in [0, 0.1) is 6.92 Å². The number of hydrogen-bond acceptors (Lipinski definition) is 5. The SMILES string of the molecule is COc1ccc2c(CN3C(=O)N[C@](C)(c4ccc(C)cc4)C3=O)cc(=O)oc2c1. The molecule has 0 aliphatic carbocycles. The molecule has 0 bridgehead atoms. The number of rotatable bonds is 4. The lowest BCUT2D eigenvalue weighted by molar-refractivity contribution is -0.131. The van der Waals surface area contributed by atoms with Crippen molar-refractivity contribution in [3.63, 3.8) is 0 Å². The van der Waals surface area contributed by atoms with Crippen LogP contribution in [-0.4, -0.2) is 23.9 Å². The van der Waals surface area contributed by atoms with Crippen molar-refractivity contribution in [2.24, 2.45) is 0 Å². The van der Waals surface area contributed by atoms with E-state index in [4.69, 9.17) is 9.15 Å². The maximum atomic E-state index is 13.2. The van der Waals surface area contributed by atoms with Crippen LogP contribution in [-0.2, 0) is 16.9 Å². The van der Waals surface area contributed by atoms with Crippen molar-refractivity contribution in [2.75, 3.05) is 7.11 Å². The highest BCUT2D eigenvalue weighted by Crippen LogP contribution is 2.31. The Bertz CT molecular complexity index is 1180. The highest BCUT2D eigenvalue weighted by Gasteiger charge is 2.48. The summed E-state index contributed by atoms with van der Waals surface area (Å²) in [7, 11) is 1.52. The summed E-state index contributed by atoms with van der Waals surface area (Å²) in [5, 5.41) is 3.42. The van der Waals surface area contributed by atoms with Crippen molar-refractivity contribution in [1.29, 1.82) is 0 Å². The molecule has 2 heterocycles. The summed E-state index contributed by atoms with van der Waals surface area (Å²) in [5.74, 6) is 0.168. The second kappa shape index (κ2) is 6.77. The molecule has 4 rings (SSSR count). The fourth-order valence-corrected chi connectivity index (χ4v) is 3.56. The van der Waals surface area contributed by atoms with Crippen LogP contribution in [0.2, 0.25) is 0 Å². The number of fused-ring (bicyclic) bond motifs is 1. The summed E-state index contributed by atoms with van der Waals surface area (Å²) in [6.07, 6.45) is 0. The van der Waals surface area contributed by atoms with Gasteiger partial charge in [0.1, 0.15) is 16.9 Å². The number of methoxy groups -OCH3 is 1. The number of aryl methyl sites for hydroxylation is 1. The zero-order valence-corrected chi connectivity index (χ0v) is 16.3. The molecule has 1 aromatic heterocycles. The van der Waals surface area contributed by atoms with Crippen LogP contribution in [0.1, 0.15) is 23.6 Å². The van der Waals surface area contributed by atoms with Gasteiger partial charge < -0.3 is 14.5 Å². The van der Waals surface area contributed by atoms with Crippen molar-refractivity contribution in [1.82, 2.24) is 10.2 Å². The summed E-state index contributed by atoms with van der Waals surface area (Å²) in [6.45, 7) is 3.59. The van der Waals surface area contributed by atoms with Gasteiger partial charge in [0.15, 0.2) is 0 Å². The van der Waals surface area contributed by atoms with E-state index in [-0.39, 0.29) is 12.5 Å². The lowest BCUT2D eigenvalue weighted by Crippen LogP contribution is -2.40. The first-order valence-corrected chi connectivity index (χ1v) is 9.14. The summed E-state index contributed by atoms with van der Waals surface area (Å²) in [6, 6.07) is 13.3. The molecule has 1 aliphatic heterocycles. The van der Waals surface area contributed by atoms with Crippen molar-refractivity contribution in [3.8, 4) is 5.75 Å². The number of nitrogens with one attached hydrogen (secondary N) is 1. The number of amides is 3. The molecule has 7 heteroatoms. The maximum Gasteiger partial charge on any atom is 0.336 e. The molecule has 0 saturated carbocycles. The summed E-state index contributed by atoms with van der Waals surface area (Å²) in [4.78, 5) is 38.9. The minimum atomic E-state index is -1.16. The zero-order valence-electron chi connectivity index (χ0n) is 16.3. The van der Waals surface area contributed by atoms with E-state index < -0.39 is 17.2 Å². The van der Waals surface area contributed by atoms with Crippen LogP contribution in [0.25, 0.3) is 11.0 Å². The Hall–Kier alpha value is -3.61. The van der Waals surface area contributed by atoms with Gasteiger partial charge in [-0.2, -0.15) is 0 Å². The molecular formula is C22H20N2O5. The second-order valence-electron chi connectivity index (χ2n) is 7.27. The van der Waals surface area contributed by atoms with Crippen molar-refractivity contribution < 1.29 is 18.7 Å². The Morgan fingerprint density at radius 1 is 1.07 bits per heavy atom. The van der Waals surface area contributed by atoms with Gasteiger partial charge in [0.25, 0.3) is 5.91 Å². The molecule has 3 amide bonds. The van der Waals surface area contributed by atoms with E-state index in [1.807, 2.05) is 31.2 Å². The van der Waals surface area contributed by atoms with Gasteiger partial charge in [0.05, 0.1) is 13.7 Å². The molecular weight excluding hydrogens is 372 g/mol. The second-order valence-corrected chi connectivity index (χ2v) is 7.27. The summed E-state index contributed by atoms with van der Waals surface area (Å²) < 4.78 is 10.4. The Labute approximate surface area is 166 Å². The van der Waals surface area contributed by atoms with E-state index in [0.717, 1.165) is 10.5 Å². The van der Waals surface area contributed by atoms with E-state index in [1.165, 1.54) is 13.2 Å². The monoisotopic (exact) mass is 392 g/mol. The Morgan fingerprint density at radius 3 is 2.48 bits per heavy atom. The molecule has 29 heavy (non-hydrogen) atoms. The Morgan fingerprint density at radius 2 is 1.79 bits per heavy atom. The molecule has 1 fully saturated rings. The Balaban J connectivity index is 1.71. The van der Waals surface area contributed by atoms with Crippen LogP contribution in [0.3, 0.4) is 0 Å². The number of ether oxygens (including phenoxy) is 1. The third kappa shape index (κ3) is 3.14. The molecule has 0 radical (unpaired) electrons. The fourth-order valence-electron chi connectivity index (χ4n) is 3.56. The standard InChI is InChI=1S/C22H20N2O5/c1-13-4-6-15(7-5-13)22(2)20(26)24(21(27)23-22)12-14-10-19(25)29-18-11-16(28-3)8-9-17(14)18/h4-11H,12H2,1-3H3,(H,23,27)/t22-/m1/s1. The van der Waals surface area contributed by atoms with Crippen LogP contribution < -0.4 is 15.7 Å². The molecule has 0 unspecified atom stereocenters. The molecule has 2 aromatic carbocycles. The number of benzene rings is 2. The first-order chi connectivity index (χ1) is 13.8. The lowest BCUT2D eigenvalue weighted by atomic mass is 9.91.